The molecule has 2 N–H and O–H groups in total. The highest BCUT2D eigenvalue weighted by Gasteiger charge is 2.13. The summed E-state index contributed by atoms with van der Waals surface area (Å²) in [4.78, 5) is 18.3. The summed E-state index contributed by atoms with van der Waals surface area (Å²) in [6, 6.07) is 16.0. The molecule has 29 heavy (non-hydrogen) atoms. The minimum Gasteiger partial charge on any atom is -0.492 e. The van der Waals surface area contributed by atoms with Crippen molar-refractivity contribution in [1.29, 1.82) is 0 Å². The molecule has 0 saturated carbocycles. The third-order valence-electron chi connectivity index (χ3n) is 5.37. The summed E-state index contributed by atoms with van der Waals surface area (Å²) in [6.45, 7) is 10.4. The average Bonchev–Trinajstić information content (AvgIpc) is 3.05. The molecule has 0 bridgehead atoms. The molecule has 1 heterocycles. The number of carbonyl (C=O) groups is 1. The highest BCUT2D eigenvalue weighted by atomic mass is 16.5. The van der Waals surface area contributed by atoms with Crippen LogP contribution >= 0.6 is 0 Å². The predicted molar refractivity (Wildman–Crippen MR) is 118 cm³/mol. The number of hydrogen-bond donors (Lipinski definition) is 2. The van der Waals surface area contributed by atoms with Crippen LogP contribution in [0.2, 0.25) is 0 Å². The van der Waals surface area contributed by atoms with Gasteiger partial charge in [-0.15, -0.1) is 0 Å². The highest BCUT2D eigenvalue weighted by Crippen LogP contribution is 2.22. The number of H-pyrrole nitrogens is 1. The van der Waals surface area contributed by atoms with Crippen LogP contribution in [0.4, 0.5) is 0 Å². The van der Waals surface area contributed by atoms with Gasteiger partial charge in [-0.1, -0.05) is 50.2 Å². The van der Waals surface area contributed by atoms with Crippen molar-refractivity contribution in [3.63, 3.8) is 0 Å². The van der Waals surface area contributed by atoms with Crippen molar-refractivity contribution < 1.29 is 9.53 Å². The first-order valence-electron chi connectivity index (χ1n) is 10.4. The van der Waals surface area contributed by atoms with Gasteiger partial charge in [0.1, 0.15) is 12.4 Å². The standard InChI is InChI=1S/C24H31N3O2/c1-4-27(5-2)14-15-29-23-13-9-6-10-19(23)17-25-24(28)16-21-18(3)26-22-12-8-7-11-20(21)22/h6-13,26H,4-5,14-17H2,1-3H3,(H,25,28). The van der Waals surface area contributed by atoms with Crippen molar-refractivity contribution in [2.45, 2.75) is 33.7 Å². The normalized spacial score (nSPS) is 11.2. The van der Waals surface area contributed by atoms with Gasteiger partial charge < -0.3 is 19.9 Å². The Bertz CT molecular complexity index is 944. The van der Waals surface area contributed by atoms with E-state index in [1.807, 2.05) is 49.4 Å². The summed E-state index contributed by atoms with van der Waals surface area (Å²) < 4.78 is 5.99. The van der Waals surface area contributed by atoms with Crippen LogP contribution in [0.15, 0.2) is 48.5 Å². The Kier molecular flexibility index (Phi) is 7.30. The first-order chi connectivity index (χ1) is 14.1. The maximum Gasteiger partial charge on any atom is 0.224 e. The number of aromatic nitrogens is 1. The Morgan fingerprint density at radius 3 is 2.59 bits per heavy atom. The molecule has 0 saturated heterocycles. The van der Waals surface area contributed by atoms with Crippen molar-refractivity contribution in [2.24, 2.45) is 0 Å². The van der Waals surface area contributed by atoms with E-state index in [-0.39, 0.29) is 5.91 Å². The SMILES string of the molecule is CCN(CC)CCOc1ccccc1CNC(=O)Cc1c(C)[nH]c2ccccc12. The van der Waals surface area contributed by atoms with E-state index in [9.17, 15) is 4.79 Å². The molecule has 3 aromatic rings. The Balaban J connectivity index is 1.58. The van der Waals surface area contributed by atoms with Crippen LogP contribution in [0.1, 0.15) is 30.7 Å². The molecule has 0 spiro atoms. The molecule has 0 fully saturated rings. The highest BCUT2D eigenvalue weighted by molar-refractivity contribution is 5.90. The number of aryl methyl sites for hydroxylation is 1. The minimum atomic E-state index is 0.01000. The zero-order valence-electron chi connectivity index (χ0n) is 17.6. The third kappa shape index (κ3) is 5.39. The number of ether oxygens (including phenoxy) is 1. The number of hydrogen-bond acceptors (Lipinski definition) is 3. The van der Waals surface area contributed by atoms with Gasteiger partial charge in [0, 0.05) is 35.2 Å². The van der Waals surface area contributed by atoms with E-state index in [1.54, 1.807) is 0 Å². The number of carbonyl (C=O) groups excluding carboxylic acids is 1. The third-order valence-corrected chi connectivity index (χ3v) is 5.37. The fourth-order valence-electron chi connectivity index (χ4n) is 3.59. The second-order valence-corrected chi connectivity index (χ2v) is 7.21. The molecule has 0 radical (unpaired) electrons. The maximum absolute atomic E-state index is 12.6. The molecule has 0 aliphatic carbocycles. The molecule has 1 aromatic heterocycles. The van der Waals surface area contributed by atoms with Gasteiger partial charge in [0.05, 0.1) is 6.42 Å². The molecular weight excluding hydrogens is 362 g/mol. The lowest BCUT2D eigenvalue weighted by Crippen LogP contribution is -2.28. The Hall–Kier alpha value is -2.79. The minimum absolute atomic E-state index is 0.01000. The number of fused-ring (bicyclic) bond motifs is 1. The summed E-state index contributed by atoms with van der Waals surface area (Å²) in [7, 11) is 0. The van der Waals surface area contributed by atoms with Gasteiger partial charge in [-0.2, -0.15) is 0 Å². The number of amides is 1. The lowest BCUT2D eigenvalue weighted by Gasteiger charge is -2.19. The van der Waals surface area contributed by atoms with Crippen molar-refractivity contribution in [2.75, 3.05) is 26.2 Å². The van der Waals surface area contributed by atoms with E-state index in [4.69, 9.17) is 4.74 Å². The molecule has 0 unspecified atom stereocenters. The van der Waals surface area contributed by atoms with Crippen LogP contribution in [0.3, 0.4) is 0 Å². The van der Waals surface area contributed by atoms with Gasteiger partial charge in [-0.25, -0.2) is 0 Å². The van der Waals surface area contributed by atoms with Crippen LogP contribution in [0.5, 0.6) is 5.75 Å². The molecule has 0 aliphatic rings. The molecule has 154 valence electrons. The fourth-order valence-corrected chi connectivity index (χ4v) is 3.59. The topological polar surface area (TPSA) is 57.4 Å². The van der Waals surface area contributed by atoms with E-state index >= 15 is 0 Å². The molecule has 1 amide bonds. The van der Waals surface area contributed by atoms with Gasteiger partial charge >= 0.3 is 0 Å². The first-order valence-corrected chi connectivity index (χ1v) is 10.4. The Morgan fingerprint density at radius 1 is 1.07 bits per heavy atom. The van der Waals surface area contributed by atoms with Gasteiger partial charge in [0.25, 0.3) is 0 Å². The molecule has 2 aromatic carbocycles. The molecule has 0 atom stereocenters. The summed E-state index contributed by atoms with van der Waals surface area (Å²) in [5.41, 5.74) is 4.17. The zero-order chi connectivity index (χ0) is 20.6. The molecular formula is C24H31N3O2. The van der Waals surface area contributed by atoms with Crippen molar-refractivity contribution >= 4 is 16.8 Å². The maximum atomic E-state index is 12.6. The van der Waals surface area contributed by atoms with E-state index in [0.717, 1.165) is 53.1 Å². The smallest absolute Gasteiger partial charge is 0.224 e. The van der Waals surface area contributed by atoms with Crippen molar-refractivity contribution in [3.05, 3.63) is 65.4 Å². The van der Waals surface area contributed by atoms with E-state index in [0.29, 0.717) is 19.6 Å². The van der Waals surface area contributed by atoms with E-state index in [2.05, 4.69) is 35.1 Å². The molecule has 0 aliphatic heterocycles. The van der Waals surface area contributed by atoms with Gasteiger partial charge in [-0.3, -0.25) is 4.79 Å². The lowest BCUT2D eigenvalue weighted by molar-refractivity contribution is -0.120. The second-order valence-electron chi connectivity index (χ2n) is 7.21. The summed E-state index contributed by atoms with van der Waals surface area (Å²) in [5, 5.41) is 4.16. The zero-order valence-corrected chi connectivity index (χ0v) is 17.6. The number of benzene rings is 2. The van der Waals surface area contributed by atoms with Crippen molar-refractivity contribution in [3.8, 4) is 5.75 Å². The molecule has 3 rings (SSSR count). The number of likely N-dealkylation sites (N-methyl/N-ethyl adjacent to an activating group) is 1. The number of nitrogens with one attached hydrogen (secondary N) is 2. The first kappa shape index (κ1) is 20.9. The van der Waals surface area contributed by atoms with Crippen LogP contribution in [0, 0.1) is 6.92 Å². The summed E-state index contributed by atoms with van der Waals surface area (Å²) in [6.07, 6.45) is 0.362. The quantitative estimate of drug-likeness (QED) is 0.546. The molecule has 5 heteroatoms. The second kappa shape index (κ2) is 10.1. The lowest BCUT2D eigenvalue weighted by atomic mass is 10.1. The summed E-state index contributed by atoms with van der Waals surface area (Å²) >= 11 is 0. The van der Waals surface area contributed by atoms with Crippen LogP contribution < -0.4 is 10.1 Å². The van der Waals surface area contributed by atoms with E-state index < -0.39 is 0 Å². The van der Waals surface area contributed by atoms with Gasteiger partial charge in [0.2, 0.25) is 5.91 Å². The number of aromatic amines is 1. The van der Waals surface area contributed by atoms with E-state index in [1.165, 1.54) is 0 Å². The summed E-state index contributed by atoms with van der Waals surface area (Å²) in [5.74, 6) is 0.846. The average molecular weight is 394 g/mol. The largest absolute Gasteiger partial charge is 0.492 e. The number of nitrogens with zero attached hydrogens (tertiary/aromatic N) is 1. The van der Waals surface area contributed by atoms with Crippen molar-refractivity contribution in [1.82, 2.24) is 15.2 Å². The van der Waals surface area contributed by atoms with Crippen LogP contribution in [-0.4, -0.2) is 42.0 Å². The monoisotopic (exact) mass is 393 g/mol. The number of rotatable bonds is 10. The fraction of sp³-hybridized carbons (Fsp3) is 0.375. The van der Waals surface area contributed by atoms with Gasteiger partial charge in [-0.05, 0) is 37.7 Å². The van der Waals surface area contributed by atoms with Crippen LogP contribution in [-0.2, 0) is 17.8 Å². The van der Waals surface area contributed by atoms with Crippen LogP contribution in [0.25, 0.3) is 10.9 Å². The Morgan fingerprint density at radius 2 is 1.79 bits per heavy atom. The Labute approximate surface area is 173 Å². The van der Waals surface area contributed by atoms with Gasteiger partial charge in [0.15, 0.2) is 0 Å². The number of para-hydroxylation sites is 2. The predicted octanol–water partition coefficient (Wildman–Crippen LogP) is 4.06. The molecule has 5 nitrogen and oxygen atoms in total.